The smallest absolute Gasteiger partial charge is 0.237 e. The lowest BCUT2D eigenvalue weighted by molar-refractivity contribution is -0.123. The van der Waals surface area contributed by atoms with E-state index in [1.54, 1.807) is 20.1 Å². The van der Waals surface area contributed by atoms with Crippen molar-refractivity contribution in [3.63, 3.8) is 0 Å². The molecule has 1 heterocycles. The number of hydrogen-bond donors (Lipinski definition) is 2. The second kappa shape index (κ2) is 5.28. The molecule has 0 fully saturated rings. The van der Waals surface area contributed by atoms with Crippen LogP contribution in [0.5, 0.6) is 0 Å². The Morgan fingerprint density at radius 3 is 2.42 bits per heavy atom. The topological polar surface area (TPSA) is 68.3 Å². The van der Waals surface area contributed by atoms with Crippen LogP contribution in [0.3, 0.4) is 0 Å². The highest BCUT2D eigenvalue weighted by molar-refractivity contribution is 5.83. The summed E-state index contributed by atoms with van der Waals surface area (Å²) in [4.78, 5) is 11.5. The summed E-state index contributed by atoms with van der Waals surface area (Å²) < 4.78 is 5.46. The average Bonchev–Trinajstić information content (AvgIpc) is 2.90. The molecule has 0 aliphatic carbocycles. The molecular weight excluding hydrogens is 240 g/mol. The second-order valence-electron chi connectivity index (χ2n) is 4.99. The van der Waals surface area contributed by atoms with E-state index in [9.17, 15) is 4.79 Å². The minimum Gasteiger partial charge on any atom is -0.467 e. The summed E-state index contributed by atoms with van der Waals surface area (Å²) in [6, 6.07) is 13.3. The zero-order chi connectivity index (χ0) is 13.9. The summed E-state index contributed by atoms with van der Waals surface area (Å²) in [7, 11) is 0. The lowest BCUT2D eigenvalue weighted by atomic mass is 9.98. The maximum atomic E-state index is 11.5. The standard InChI is InChI=1S/C15H18N2O2/c1-15(2,14(16)18)17-13(12-9-6-10-19-12)11-7-4-3-5-8-11/h3-10,13,17H,1-2H3,(H2,16,18). The molecule has 1 amide bonds. The molecule has 4 nitrogen and oxygen atoms in total. The maximum Gasteiger partial charge on any atom is 0.237 e. The molecule has 2 aromatic rings. The molecule has 4 heteroatoms. The fraction of sp³-hybridized carbons (Fsp3) is 0.267. The maximum absolute atomic E-state index is 11.5. The average molecular weight is 258 g/mol. The number of benzene rings is 1. The summed E-state index contributed by atoms with van der Waals surface area (Å²) in [5, 5.41) is 3.24. The van der Waals surface area contributed by atoms with E-state index in [1.165, 1.54) is 0 Å². The van der Waals surface area contributed by atoms with Crippen molar-refractivity contribution in [3.05, 3.63) is 60.1 Å². The fourth-order valence-electron chi connectivity index (χ4n) is 1.85. The zero-order valence-electron chi connectivity index (χ0n) is 11.1. The first-order valence-electron chi connectivity index (χ1n) is 6.16. The first kappa shape index (κ1) is 13.4. The normalized spacial score (nSPS) is 13.2. The van der Waals surface area contributed by atoms with Gasteiger partial charge in [0.25, 0.3) is 0 Å². The number of carbonyl (C=O) groups is 1. The van der Waals surface area contributed by atoms with Gasteiger partial charge in [-0.1, -0.05) is 30.3 Å². The highest BCUT2D eigenvalue weighted by atomic mass is 16.3. The van der Waals surface area contributed by atoms with Crippen molar-refractivity contribution in [3.8, 4) is 0 Å². The van der Waals surface area contributed by atoms with Gasteiger partial charge in [0, 0.05) is 0 Å². The van der Waals surface area contributed by atoms with Crippen LogP contribution in [0.25, 0.3) is 0 Å². The van der Waals surface area contributed by atoms with Gasteiger partial charge < -0.3 is 10.2 Å². The SMILES string of the molecule is CC(C)(NC(c1ccccc1)c1ccco1)C(N)=O. The third-order valence-electron chi connectivity index (χ3n) is 3.08. The molecule has 0 radical (unpaired) electrons. The quantitative estimate of drug-likeness (QED) is 0.864. The number of amides is 1. The number of nitrogens with two attached hydrogens (primary N) is 1. The molecule has 19 heavy (non-hydrogen) atoms. The Labute approximate surface area is 112 Å². The molecule has 2 rings (SSSR count). The molecule has 1 aromatic heterocycles. The zero-order valence-corrected chi connectivity index (χ0v) is 11.1. The third-order valence-corrected chi connectivity index (χ3v) is 3.08. The van der Waals surface area contributed by atoms with E-state index in [4.69, 9.17) is 10.2 Å². The largest absolute Gasteiger partial charge is 0.467 e. The van der Waals surface area contributed by atoms with Crippen LogP contribution >= 0.6 is 0 Å². The van der Waals surface area contributed by atoms with Crippen molar-refractivity contribution in [2.75, 3.05) is 0 Å². The van der Waals surface area contributed by atoms with Crippen LogP contribution < -0.4 is 11.1 Å². The van der Waals surface area contributed by atoms with Crippen molar-refractivity contribution in [1.82, 2.24) is 5.32 Å². The molecular formula is C15H18N2O2. The molecule has 0 bridgehead atoms. The van der Waals surface area contributed by atoms with Crippen LogP contribution in [0.1, 0.15) is 31.2 Å². The molecule has 0 saturated heterocycles. The lowest BCUT2D eigenvalue weighted by Crippen LogP contribution is -2.52. The Bertz CT molecular complexity index is 533. The van der Waals surface area contributed by atoms with Gasteiger partial charge in [-0.25, -0.2) is 0 Å². The monoisotopic (exact) mass is 258 g/mol. The lowest BCUT2D eigenvalue weighted by Gasteiger charge is -2.28. The molecule has 1 unspecified atom stereocenters. The van der Waals surface area contributed by atoms with E-state index < -0.39 is 11.4 Å². The number of furan rings is 1. The second-order valence-corrected chi connectivity index (χ2v) is 4.99. The van der Waals surface area contributed by atoms with Gasteiger partial charge in [0.2, 0.25) is 5.91 Å². The van der Waals surface area contributed by atoms with Gasteiger partial charge in [-0.05, 0) is 31.5 Å². The van der Waals surface area contributed by atoms with E-state index in [-0.39, 0.29) is 6.04 Å². The van der Waals surface area contributed by atoms with Gasteiger partial charge in [0.1, 0.15) is 5.76 Å². The van der Waals surface area contributed by atoms with Gasteiger partial charge in [0.05, 0.1) is 17.8 Å². The van der Waals surface area contributed by atoms with E-state index in [0.717, 1.165) is 11.3 Å². The summed E-state index contributed by atoms with van der Waals surface area (Å²) in [6.07, 6.45) is 1.62. The fourth-order valence-corrected chi connectivity index (χ4v) is 1.85. The molecule has 0 aliphatic rings. The number of primary amides is 1. The third kappa shape index (κ3) is 3.03. The molecule has 3 N–H and O–H groups in total. The van der Waals surface area contributed by atoms with Crippen molar-refractivity contribution in [2.24, 2.45) is 5.73 Å². The Morgan fingerprint density at radius 2 is 1.89 bits per heavy atom. The van der Waals surface area contributed by atoms with Crippen molar-refractivity contribution < 1.29 is 9.21 Å². The van der Waals surface area contributed by atoms with Gasteiger partial charge in [-0.15, -0.1) is 0 Å². The highest BCUT2D eigenvalue weighted by Crippen LogP contribution is 2.24. The minimum atomic E-state index is -0.826. The summed E-state index contributed by atoms with van der Waals surface area (Å²) in [5.74, 6) is 0.348. The molecule has 0 spiro atoms. The first-order valence-corrected chi connectivity index (χ1v) is 6.16. The summed E-state index contributed by atoms with van der Waals surface area (Å²) in [5.41, 5.74) is 5.61. The molecule has 1 aromatic carbocycles. The van der Waals surface area contributed by atoms with Gasteiger partial charge in [-0.2, -0.15) is 0 Å². The van der Waals surface area contributed by atoms with Gasteiger partial charge in [0.15, 0.2) is 0 Å². The molecule has 0 saturated carbocycles. The van der Waals surface area contributed by atoms with Crippen molar-refractivity contribution >= 4 is 5.91 Å². The summed E-state index contributed by atoms with van der Waals surface area (Å²) >= 11 is 0. The van der Waals surface area contributed by atoms with Crippen molar-refractivity contribution in [2.45, 2.75) is 25.4 Å². The van der Waals surface area contributed by atoms with Crippen LogP contribution in [0.2, 0.25) is 0 Å². The van der Waals surface area contributed by atoms with E-state index >= 15 is 0 Å². The highest BCUT2D eigenvalue weighted by Gasteiger charge is 2.30. The van der Waals surface area contributed by atoms with Crippen LogP contribution in [-0.2, 0) is 4.79 Å². The predicted molar refractivity (Wildman–Crippen MR) is 73.4 cm³/mol. The number of hydrogen-bond acceptors (Lipinski definition) is 3. The van der Waals surface area contributed by atoms with Crippen LogP contribution in [0, 0.1) is 0 Å². The van der Waals surface area contributed by atoms with Gasteiger partial charge >= 0.3 is 0 Å². The Balaban J connectivity index is 2.34. The Kier molecular flexibility index (Phi) is 3.71. The summed E-state index contributed by atoms with van der Waals surface area (Å²) in [6.45, 7) is 3.52. The first-order chi connectivity index (χ1) is 9.00. The van der Waals surface area contributed by atoms with Crippen LogP contribution in [0.15, 0.2) is 53.1 Å². The van der Waals surface area contributed by atoms with Crippen LogP contribution in [0.4, 0.5) is 0 Å². The minimum absolute atomic E-state index is 0.210. The Morgan fingerprint density at radius 1 is 1.21 bits per heavy atom. The van der Waals surface area contributed by atoms with E-state index in [2.05, 4.69) is 5.32 Å². The van der Waals surface area contributed by atoms with E-state index in [1.807, 2.05) is 42.5 Å². The molecule has 100 valence electrons. The number of nitrogens with one attached hydrogen (secondary N) is 1. The van der Waals surface area contributed by atoms with E-state index in [0.29, 0.717) is 0 Å². The number of carbonyl (C=O) groups excluding carboxylic acids is 1. The molecule has 0 aliphatic heterocycles. The van der Waals surface area contributed by atoms with Crippen LogP contribution in [-0.4, -0.2) is 11.4 Å². The Hall–Kier alpha value is -2.07. The number of rotatable bonds is 5. The van der Waals surface area contributed by atoms with Gasteiger partial charge in [-0.3, -0.25) is 10.1 Å². The predicted octanol–water partition coefficient (Wildman–Crippen LogP) is 2.22. The van der Waals surface area contributed by atoms with Crippen molar-refractivity contribution in [1.29, 1.82) is 0 Å². The molecule has 1 atom stereocenters.